The Hall–Kier alpha value is -3.36. The maximum atomic E-state index is 13.6. The van der Waals surface area contributed by atoms with Gasteiger partial charge in [0.25, 0.3) is 15.9 Å². The van der Waals surface area contributed by atoms with Crippen molar-refractivity contribution >= 4 is 21.6 Å². The minimum absolute atomic E-state index is 0.104. The molecule has 0 saturated carbocycles. The summed E-state index contributed by atoms with van der Waals surface area (Å²) in [4.78, 5) is 15.8. The van der Waals surface area contributed by atoms with Gasteiger partial charge in [-0.15, -0.1) is 0 Å². The van der Waals surface area contributed by atoms with Crippen molar-refractivity contribution in [2.24, 2.45) is 0 Å². The first kappa shape index (κ1) is 25.3. The van der Waals surface area contributed by atoms with Crippen LogP contribution in [0.5, 0.6) is 5.75 Å². The number of amides is 1. The molecule has 2 aliphatic heterocycles. The van der Waals surface area contributed by atoms with Gasteiger partial charge in [-0.1, -0.05) is 48.0 Å². The molecule has 0 bridgehead atoms. The van der Waals surface area contributed by atoms with Gasteiger partial charge in [0.2, 0.25) is 0 Å². The summed E-state index contributed by atoms with van der Waals surface area (Å²) in [5, 5.41) is 2.93. The summed E-state index contributed by atoms with van der Waals surface area (Å²) in [6.07, 6.45) is 1.56. The molecule has 1 saturated heterocycles. The van der Waals surface area contributed by atoms with Crippen LogP contribution in [-0.4, -0.2) is 45.0 Å². The summed E-state index contributed by atoms with van der Waals surface area (Å²) in [5.74, 6) is 0.0331. The fourth-order valence-corrected chi connectivity index (χ4v) is 6.30. The molecule has 0 radical (unpaired) electrons. The minimum atomic E-state index is -3.88. The van der Waals surface area contributed by atoms with Crippen molar-refractivity contribution in [2.75, 3.05) is 23.9 Å². The van der Waals surface area contributed by atoms with Crippen molar-refractivity contribution in [3.8, 4) is 5.75 Å². The topological polar surface area (TPSA) is 79.0 Å². The molecule has 0 aliphatic carbocycles. The number of aryl methyl sites for hydroxylation is 2. The lowest BCUT2D eigenvalue weighted by Crippen LogP contribution is -2.50. The number of carbonyl (C=O) groups is 1. The van der Waals surface area contributed by atoms with E-state index in [9.17, 15) is 13.2 Å². The predicted octanol–water partition coefficient (Wildman–Crippen LogP) is 4.17. The molecular formula is C29H33N3O4S. The van der Waals surface area contributed by atoms with E-state index in [1.807, 2.05) is 32.0 Å². The molecule has 1 atom stereocenters. The fraction of sp³-hybridized carbons (Fsp3) is 0.345. The van der Waals surface area contributed by atoms with Crippen LogP contribution in [-0.2, 0) is 27.9 Å². The Morgan fingerprint density at radius 3 is 2.27 bits per heavy atom. The quantitative estimate of drug-likeness (QED) is 0.507. The second-order valence-electron chi connectivity index (χ2n) is 9.94. The molecule has 194 valence electrons. The van der Waals surface area contributed by atoms with Crippen LogP contribution >= 0.6 is 0 Å². The molecule has 1 amide bonds. The molecular weight excluding hydrogens is 486 g/mol. The Morgan fingerprint density at radius 1 is 0.919 bits per heavy atom. The zero-order valence-corrected chi connectivity index (χ0v) is 22.1. The molecule has 2 aliphatic rings. The molecule has 7 nitrogen and oxygen atoms in total. The number of benzene rings is 3. The van der Waals surface area contributed by atoms with Crippen LogP contribution in [0.1, 0.15) is 35.1 Å². The average molecular weight is 520 g/mol. The summed E-state index contributed by atoms with van der Waals surface area (Å²) in [7, 11) is -3.88. The van der Waals surface area contributed by atoms with E-state index in [0.717, 1.165) is 36.3 Å². The van der Waals surface area contributed by atoms with Crippen LogP contribution < -0.4 is 14.4 Å². The van der Waals surface area contributed by atoms with Gasteiger partial charge in [-0.25, -0.2) is 8.42 Å². The predicted molar refractivity (Wildman–Crippen MR) is 144 cm³/mol. The summed E-state index contributed by atoms with van der Waals surface area (Å²) in [6, 6.07) is 20.3. The molecule has 1 fully saturated rings. The number of likely N-dealkylation sites (tertiary alicyclic amines) is 1. The van der Waals surface area contributed by atoms with Crippen molar-refractivity contribution in [2.45, 2.75) is 50.8 Å². The largest absolute Gasteiger partial charge is 0.476 e. The number of nitrogens with one attached hydrogen (secondary N) is 1. The minimum Gasteiger partial charge on any atom is -0.476 e. The van der Waals surface area contributed by atoms with Gasteiger partial charge in [0.1, 0.15) is 5.75 Å². The number of fused-ring (bicyclic) bond motifs is 1. The Labute approximate surface area is 219 Å². The van der Waals surface area contributed by atoms with Gasteiger partial charge in [-0.2, -0.15) is 0 Å². The van der Waals surface area contributed by atoms with Crippen molar-refractivity contribution in [3.05, 3.63) is 89.0 Å². The van der Waals surface area contributed by atoms with Crippen molar-refractivity contribution < 1.29 is 17.9 Å². The second kappa shape index (κ2) is 10.6. The Balaban J connectivity index is 1.30. The van der Waals surface area contributed by atoms with Crippen LogP contribution in [0, 0.1) is 13.8 Å². The number of nitrogens with zero attached hydrogens (tertiary/aromatic N) is 2. The van der Waals surface area contributed by atoms with Gasteiger partial charge in [-0.3, -0.25) is 14.0 Å². The average Bonchev–Trinajstić information content (AvgIpc) is 3.40. The van der Waals surface area contributed by atoms with E-state index in [1.165, 1.54) is 22.7 Å². The number of carbonyl (C=O) groups excluding carboxylic acids is 1. The van der Waals surface area contributed by atoms with Crippen molar-refractivity contribution in [3.63, 3.8) is 0 Å². The van der Waals surface area contributed by atoms with Gasteiger partial charge < -0.3 is 10.1 Å². The highest BCUT2D eigenvalue weighted by atomic mass is 32.2. The molecule has 0 spiro atoms. The SMILES string of the molecule is Cc1ccc(S(=O)(=O)N2C[C@@H](C(=O)NCc3ccc(CN4CCCC4)cc3)Oc3cc(C)ccc32)cc1. The van der Waals surface area contributed by atoms with Crippen LogP contribution in [0.25, 0.3) is 0 Å². The van der Waals surface area contributed by atoms with E-state index in [0.29, 0.717) is 18.0 Å². The second-order valence-corrected chi connectivity index (χ2v) is 11.8. The molecule has 1 N–H and O–H groups in total. The van der Waals surface area contributed by atoms with Gasteiger partial charge >= 0.3 is 0 Å². The number of ether oxygens (including phenoxy) is 1. The van der Waals surface area contributed by atoms with E-state index in [2.05, 4.69) is 22.3 Å². The van der Waals surface area contributed by atoms with Gasteiger partial charge in [-0.05, 0) is 80.7 Å². The first-order valence-electron chi connectivity index (χ1n) is 12.7. The monoisotopic (exact) mass is 519 g/mol. The number of hydrogen-bond donors (Lipinski definition) is 1. The summed E-state index contributed by atoms with van der Waals surface area (Å²) in [6.45, 7) is 7.30. The van der Waals surface area contributed by atoms with Crippen molar-refractivity contribution in [1.29, 1.82) is 0 Å². The lowest BCUT2D eigenvalue weighted by atomic mass is 10.1. The zero-order chi connectivity index (χ0) is 26.0. The molecule has 5 rings (SSSR count). The van der Waals surface area contributed by atoms with Gasteiger partial charge in [0, 0.05) is 13.1 Å². The molecule has 3 aromatic carbocycles. The Kier molecular flexibility index (Phi) is 7.22. The molecule has 3 aromatic rings. The number of sulfonamides is 1. The normalized spacial score (nSPS) is 17.8. The number of rotatable bonds is 7. The van der Waals surface area contributed by atoms with Gasteiger partial charge in [0.15, 0.2) is 6.10 Å². The van der Waals surface area contributed by atoms with Crippen LogP contribution in [0.15, 0.2) is 71.6 Å². The first-order chi connectivity index (χ1) is 17.8. The highest BCUT2D eigenvalue weighted by Crippen LogP contribution is 2.37. The molecule has 0 unspecified atom stereocenters. The Bertz CT molecular complexity index is 1370. The third kappa shape index (κ3) is 5.65. The number of hydrogen-bond acceptors (Lipinski definition) is 5. The van der Waals surface area contributed by atoms with E-state index in [-0.39, 0.29) is 17.3 Å². The number of anilines is 1. The zero-order valence-electron chi connectivity index (χ0n) is 21.3. The molecule has 37 heavy (non-hydrogen) atoms. The lowest BCUT2D eigenvalue weighted by molar-refractivity contribution is -0.127. The lowest BCUT2D eigenvalue weighted by Gasteiger charge is -2.35. The van der Waals surface area contributed by atoms with Crippen LogP contribution in [0.2, 0.25) is 0 Å². The summed E-state index contributed by atoms with van der Waals surface area (Å²) < 4.78 is 34.5. The smallest absolute Gasteiger partial charge is 0.264 e. The highest BCUT2D eigenvalue weighted by molar-refractivity contribution is 7.92. The summed E-state index contributed by atoms with van der Waals surface area (Å²) in [5.41, 5.74) is 4.56. The maximum absolute atomic E-state index is 13.6. The Morgan fingerprint density at radius 2 is 1.57 bits per heavy atom. The maximum Gasteiger partial charge on any atom is 0.264 e. The molecule has 2 heterocycles. The van der Waals surface area contributed by atoms with Gasteiger partial charge in [0.05, 0.1) is 17.1 Å². The van der Waals surface area contributed by atoms with Crippen molar-refractivity contribution in [1.82, 2.24) is 10.2 Å². The highest BCUT2D eigenvalue weighted by Gasteiger charge is 2.37. The van der Waals surface area contributed by atoms with E-state index in [4.69, 9.17) is 4.74 Å². The van der Waals surface area contributed by atoms with E-state index in [1.54, 1.807) is 36.4 Å². The third-order valence-corrected chi connectivity index (χ3v) is 8.77. The fourth-order valence-electron chi connectivity index (χ4n) is 4.83. The molecule has 8 heteroatoms. The van der Waals surface area contributed by atoms with Crippen LogP contribution in [0.4, 0.5) is 5.69 Å². The van der Waals surface area contributed by atoms with E-state index >= 15 is 0 Å². The first-order valence-corrected chi connectivity index (χ1v) is 14.2. The third-order valence-electron chi connectivity index (χ3n) is 6.98. The van der Waals surface area contributed by atoms with E-state index < -0.39 is 16.1 Å². The summed E-state index contributed by atoms with van der Waals surface area (Å²) >= 11 is 0. The standard InChI is InChI=1S/C29H33N3O4S/c1-21-5-12-25(13-6-21)37(34,35)32-20-28(36-27-17-22(2)7-14-26(27)32)29(33)30-18-23-8-10-24(11-9-23)19-31-15-3-4-16-31/h5-14,17,28H,3-4,15-16,18-20H2,1-2H3,(H,30,33)/t28-/m0/s1. The van der Waals surface area contributed by atoms with Crippen LogP contribution in [0.3, 0.4) is 0 Å². The molecule has 0 aromatic heterocycles.